The highest BCUT2D eigenvalue weighted by Gasteiger charge is 2.16. The first-order valence-electron chi connectivity index (χ1n) is 8.52. The molecule has 0 saturated carbocycles. The van der Waals surface area contributed by atoms with E-state index >= 15 is 0 Å². The zero-order valence-electron chi connectivity index (χ0n) is 14.3. The third-order valence-electron chi connectivity index (χ3n) is 4.25. The molecule has 0 fully saturated rings. The summed E-state index contributed by atoms with van der Waals surface area (Å²) in [6.07, 6.45) is 0.381. The van der Waals surface area contributed by atoms with E-state index in [0.717, 1.165) is 9.40 Å². The number of carbonyl (C=O) groups excluding carboxylic acids is 1. The summed E-state index contributed by atoms with van der Waals surface area (Å²) in [6.45, 7) is 0.331. The lowest BCUT2D eigenvalue weighted by Crippen LogP contribution is -2.25. The van der Waals surface area contributed by atoms with Crippen LogP contribution < -0.4 is 5.32 Å². The summed E-state index contributed by atoms with van der Waals surface area (Å²) in [5.74, 6) is -0.133. The van der Waals surface area contributed by atoms with Crippen LogP contribution in [0.2, 0.25) is 0 Å². The maximum absolute atomic E-state index is 12.4. The molecule has 7 heteroatoms. The molecule has 0 aliphatic heterocycles. The molecule has 4 nitrogen and oxygen atoms in total. The molecule has 1 N–H and O–H groups in total. The second kappa shape index (κ2) is 7.42. The molecule has 4 aromatic rings. The number of fused-ring (bicyclic) bond motifs is 3. The van der Waals surface area contributed by atoms with Gasteiger partial charge in [-0.2, -0.15) is 0 Å². The first kappa shape index (κ1) is 18.2. The van der Waals surface area contributed by atoms with E-state index in [1.54, 1.807) is 41.7 Å². The molecule has 0 radical (unpaired) electrons. The Labute approximate surface area is 165 Å². The molecule has 138 valence electrons. The zero-order valence-corrected chi connectivity index (χ0v) is 16.8. The quantitative estimate of drug-likeness (QED) is 0.464. The molecule has 0 unspecified atom stereocenters. The van der Waals surface area contributed by atoms with Crippen molar-refractivity contribution in [3.8, 4) is 0 Å². The van der Waals surface area contributed by atoms with Crippen molar-refractivity contribution >= 4 is 57.9 Å². The fourth-order valence-corrected chi connectivity index (χ4v) is 6.68. The predicted octanol–water partition coefficient (Wildman–Crippen LogP) is 4.71. The van der Waals surface area contributed by atoms with Gasteiger partial charge < -0.3 is 5.32 Å². The van der Waals surface area contributed by atoms with E-state index < -0.39 is 9.84 Å². The average Bonchev–Trinajstić information content (AvgIpc) is 3.24. The average molecular weight is 416 g/mol. The SMILES string of the molecule is O=C(NCCCS(=O)(=O)c1ccccc1)c1cc2sc3ccccc3c2s1. The summed E-state index contributed by atoms with van der Waals surface area (Å²) < 4.78 is 27.9. The minimum absolute atomic E-state index is 0.0153. The van der Waals surface area contributed by atoms with Crippen LogP contribution in [0.15, 0.2) is 65.6 Å². The molecule has 4 rings (SSSR count). The van der Waals surface area contributed by atoms with Gasteiger partial charge >= 0.3 is 0 Å². The van der Waals surface area contributed by atoms with Gasteiger partial charge in [0.2, 0.25) is 0 Å². The molecule has 2 heterocycles. The smallest absolute Gasteiger partial charge is 0.261 e. The van der Waals surface area contributed by atoms with Crippen molar-refractivity contribution in [1.29, 1.82) is 0 Å². The van der Waals surface area contributed by atoms with Crippen LogP contribution in [0.25, 0.3) is 19.5 Å². The maximum Gasteiger partial charge on any atom is 0.261 e. The summed E-state index contributed by atoms with van der Waals surface area (Å²) >= 11 is 3.16. The van der Waals surface area contributed by atoms with Crippen molar-refractivity contribution < 1.29 is 13.2 Å². The highest BCUT2D eigenvalue weighted by molar-refractivity contribution is 7.91. The van der Waals surface area contributed by atoms with E-state index in [1.807, 2.05) is 18.2 Å². The second-order valence-corrected chi connectivity index (χ2v) is 10.4. The number of thiophene rings is 2. The Morgan fingerprint density at radius 2 is 1.67 bits per heavy atom. The van der Waals surface area contributed by atoms with Crippen LogP contribution in [0.3, 0.4) is 0 Å². The van der Waals surface area contributed by atoms with Gasteiger partial charge in [-0.15, -0.1) is 22.7 Å². The summed E-state index contributed by atoms with van der Waals surface area (Å²) in [7, 11) is -3.31. The van der Waals surface area contributed by atoms with Crippen LogP contribution in [0.5, 0.6) is 0 Å². The third kappa shape index (κ3) is 3.76. The van der Waals surface area contributed by atoms with Crippen molar-refractivity contribution in [1.82, 2.24) is 5.32 Å². The molecule has 27 heavy (non-hydrogen) atoms. The van der Waals surface area contributed by atoms with E-state index in [1.165, 1.54) is 21.4 Å². The lowest BCUT2D eigenvalue weighted by Gasteiger charge is -2.05. The minimum atomic E-state index is -3.31. The number of hydrogen-bond acceptors (Lipinski definition) is 5. The summed E-state index contributed by atoms with van der Waals surface area (Å²) in [4.78, 5) is 13.4. The zero-order chi connectivity index (χ0) is 18.9. The highest BCUT2D eigenvalue weighted by Crippen LogP contribution is 2.39. The van der Waals surface area contributed by atoms with E-state index in [9.17, 15) is 13.2 Å². The molecule has 0 atom stereocenters. The number of nitrogens with one attached hydrogen (secondary N) is 1. The van der Waals surface area contributed by atoms with Crippen molar-refractivity contribution in [3.05, 3.63) is 65.5 Å². The lowest BCUT2D eigenvalue weighted by atomic mass is 10.2. The predicted molar refractivity (Wildman–Crippen MR) is 113 cm³/mol. The van der Waals surface area contributed by atoms with Crippen molar-refractivity contribution in [3.63, 3.8) is 0 Å². The van der Waals surface area contributed by atoms with Gasteiger partial charge in [-0.3, -0.25) is 4.79 Å². The van der Waals surface area contributed by atoms with Crippen LogP contribution in [-0.4, -0.2) is 26.6 Å². The second-order valence-electron chi connectivity index (χ2n) is 6.14. The first-order chi connectivity index (χ1) is 13.0. The summed E-state index contributed by atoms with van der Waals surface area (Å²) in [5.41, 5.74) is 0. The fourth-order valence-electron chi connectivity index (χ4n) is 2.91. The third-order valence-corrected chi connectivity index (χ3v) is 8.48. The molecule has 0 bridgehead atoms. The highest BCUT2D eigenvalue weighted by atomic mass is 32.2. The monoisotopic (exact) mass is 415 g/mol. The first-order valence-corrected chi connectivity index (χ1v) is 11.8. The number of hydrogen-bond donors (Lipinski definition) is 1. The summed E-state index contributed by atoms with van der Waals surface area (Å²) in [5, 5.41) is 4.01. The molecular weight excluding hydrogens is 398 g/mol. The number of rotatable bonds is 6. The van der Waals surface area contributed by atoms with Gasteiger partial charge in [0.1, 0.15) is 0 Å². The van der Waals surface area contributed by atoms with Crippen LogP contribution in [-0.2, 0) is 9.84 Å². The summed E-state index contributed by atoms with van der Waals surface area (Å²) in [6, 6.07) is 18.5. The van der Waals surface area contributed by atoms with Gasteiger partial charge in [0.15, 0.2) is 9.84 Å². The van der Waals surface area contributed by atoms with Crippen LogP contribution >= 0.6 is 22.7 Å². The Hall–Kier alpha value is -2.22. The maximum atomic E-state index is 12.4. The molecule has 1 amide bonds. The van der Waals surface area contributed by atoms with Crippen molar-refractivity contribution in [2.75, 3.05) is 12.3 Å². The Kier molecular flexibility index (Phi) is 4.99. The lowest BCUT2D eigenvalue weighted by molar-refractivity contribution is 0.0958. The number of benzene rings is 2. The normalized spacial score (nSPS) is 11.9. The topological polar surface area (TPSA) is 63.2 Å². The fraction of sp³-hybridized carbons (Fsp3) is 0.150. The molecule has 0 saturated heterocycles. The van der Waals surface area contributed by atoms with Gasteiger partial charge in [-0.25, -0.2) is 8.42 Å². The van der Waals surface area contributed by atoms with Gasteiger partial charge in [0.05, 0.1) is 20.2 Å². The Morgan fingerprint density at radius 1 is 0.926 bits per heavy atom. The Morgan fingerprint density at radius 3 is 2.48 bits per heavy atom. The van der Waals surface area contributed by atoms with E-state index in [4.69, 9.17) is 0 Å². The van der Waals surface area contributed by atoms with Gasteiger partial charge in [-0.1, -0.05) is 36.4 Å². The Balaban J connectivity index is 1.38. The molecule has 0 spiro atoms. The largest absolute Gasteiger partial charge is 0.351 e. The number of sulfone groups is 1. The van der Waals surface area contributed by atoms with Crippen LogP contribution in [0.4, 0.5) is 0 Å². The van der Waals surface area contributed by atoms with Gasteiger partial charge in [0, 0.05) is 21.3 Å². The molecule has 0 aliphatic rings. The van der Waals surface area contributed by atoms with E-state index in [-0.39, 0.29) is 11.7 Å². The van der Waals surface area contributed by atoms with Gasteiger partial charge in [-0.05, 0) is 30.7 Å². The van der Waals surface area contributed by atoms with Crippen LogP contribution in [0, 0.1) is 0 Å². The Bertz CT molecular complexity index is 1210. The number of amides is 1. The molecular formula is C20H17NO3S3. The number of carbonyl (C=O) groups is 1. The van der Waals surface area contributed by atoms with Crippen molar-refractivity contribution in [2.24, 2.45) is 0 Å². The standard InChI is InChI=1S/C20H17NO3S3/c22-20(21-11-6-12-27(23,24)14-7-2-1-3-8-14)18-13-17-19(26-18)15-9-4-5-10-16(15)25-17/h1-5,7-10,13H,6,11-12H2,(H,21,22). The van der Waals surface area contributed by atoms with Crippen LogP contribution in [0.1, 0.15) is 16.1 Å². The minimum Gasteiger partial charge on any atom is -0.351 e. The molecule has 2 aromatic carbocycles. The van der Waals surface area contributed by atoms with Crippen molar-refractivity contribution in [2.45, 2.75) is 11.3 Å². The van der Waals surface area contributed by atoms with Gasteiger partial charge in [0.25, 0.3) is 5.91 Å². The molecule has 2 aromatic heterocycles. The van der Waals surface area contributed by atoms with E-state index in [0.29, 0.717) is 22.7 Å². The van der Waals surface area contributed by atoms with E-state index in [2.05, 4.69) is 17.4 Å². The molecule has 0 aliphatic carbocycles.